The van der Waals surface area contributed by atoms with Crippen molar-refractivity contribution in [3.05, 3.63) is 46.4 Å². The summed E-state index contributed by atoms with van der Waals surface area (Å²) in [5.41, 5.74) is 2.31. The third kappa shape index (κ3) is 3.64. The summed E-state index contributed by atoms with van der Waals surface area (Å²) < 4.78 is 26.7. The van der Waals surface area contributed by atoms with Gasteiger partial charge in [-0.3, -0.25) is 0 Å². The van der Waals surface area contributed by atoms with E-state index in [0.29, 0.717) is 35.0 Å². The predicted molar refractivity (Wildman–Crippen MR) is 104 cm³/mol. The van der Waals surface area contributed by atoms with Crippen LogP contribution < -0.4 is 0 Å². The molecule has 8 heteroatoms. The van der Waals surface area contributed by atoms with Crippen LogP contribution in [0.4, 0.5) is 0 Å². The topological polar surface area (TPSA) is 66.1 Å². The maximum atomic E-state index is 12.6. The zero-order valence-electron chi connectivity index (χ0n) is 13.9. The molecule has 0 radical (unpaired) electrons. The number of hydrogen-bond acceptors (Lipinski definition) is 4. The number of imidazole rings is 1. The van der Waals surface area contributed by atoms with Crippen molar-refractivity contribution in [3.8, 4) is 0 Å². The van der Waals surface area contributed by atoms with Crippen molar-refractivity contribution >= 4 is 55.1 Å². The quantitative estimate of drug-likeness (QED) is 0.673. The molecule has 2 aromatic heterocycles. The summed E-state index contributed by atoms with van der Waals surface area (Å²) in [6.07, 6.45) is 1.82. The van der Waals surface area contributed by atoms with E-state index < -0.39 is 10.0 Å². The number of hydrogen-bond donors (Lipinski definition) is 1. The Bertz CT molecular complexity index is 1000. The molecule has 0 saturated carbocycles. The zero-order chi connectivity index (χ0) is 18.0. The van der Waals surface area contributed by atoms with E-state index >= 15 is 0 Å². The summed E-state index contributed by atoms with van der Waals surface area (Å²) in [6, 6.07) is 6.84. The van der Waals surface area contributed by atoms with Crippen LogP contribution in [0, 0.1) is 0 Å². The Labute approximate surface area is 156 Å². The number of fused-ring (bicyclic) bond motifs is 1. The molecule has 0 aliphatic carbocycles. The van der Waals surface area contributed by atoms with Gasteiger partial charge in [-0.25, -0.2) is 13.4 Å². The van der Waals surface area contributed by atoms with Gasteiger partial charge in [-0.15, -0.1) is 0 Å². The Kier molecular flexibility index (Phi) is 5.29. The Morgan fingerprint density at radius 3 is 2.72 bits per heavy atom. The van der Waals surface area contributed by atoms with Crippen molar-refractivity contribution < 1.29 is 8.42 Å². The van der Waals surface area contributed by atoms with Crippen molar-refractivity contribution in [1.82, 2.24) is 14.3 Å². The minimum atomic E-state index is -3.51. The molecule has 0 aliphatic heterocycles. The van der Waals surface area contributed by atoms with E-state index in [-0.39, 0.29) is 4.90 Å². The molecule has 0 atom stereocenters. The normalized spacial score (nSPS) is 13.0. The number of aromatic amines is 1. The maximum absolute atomic E-state index is 12.6. The van der Waals surface area contributed by atoms with Gasteiger partial charge in [0.1, 0.15) is 5.82 Å². The molecule has 0 amide bonds. The SMILES string of the molecule is CCN(CC)S(=O)(=O)c1ccc2nc(/C(Cl)=C/c3ccsc3)[nH]c2c1. The first-order chi connectivity index (χ1) is 12.0. The molecule has 3 aromatic rings. The second-order valence-electron chi connectivity index (χ2n) is 5.40. The van der Waals surface area contributed by atoms with Crippen LogP contribution in [0.25, 0.3) is 22.1 Å². The standard InChI is InChI=1S/C17H18ClN3O2S2/c1-3-21(4-2)25(22,23)13-5-6-15-16(10-13)20-17(19-15)14(18)9-12-7-8-24-11-12/h5-11H,3-4H2,1-2H3,(H,19,20)/b14-9-. The number of H-pyrrole nitrogens is 1. The molecular weight excluding hydrogens is 378 g/mol. The molecule has 0 spiro atoms. The van der Waals surface area contributed by atoms with E-state index in [1.807, 2.05) is 36.7 Å². The van der Waals surface area contributed by atoms with Crippen molar-refractivity contribution in [2.45, 2.75) is 18.7 Å². The average Bonchev–Trinajstić information content (AvgIpc) is 3.23. The Balaban J connectivity index is 2.00. The summed E-state index contributed by atoms with van der Waals surface area (Å²) in [6.45, 7) is 4.51. The molecule has 0 saturated heterocycles. The molecule has 1 N–H and O–H groups in total. The van der Waals surface area contributed by atoms with E-state index in [0.717, 1.165) is 5.56 Å². The molecule has 3 rings (SSSR count). The first-order valence-corrected chi connectivity index (χ1v) is 10.6. The average molecular weight is 396 g/mol. The molecule has 2 heterocycles. The van der Waals surface area contributed by atoms with Gasteiger partial charge in [0.05, 0.1) is 21.0 Å². The number of rotatable bonds is 6. The first-order valence-electron chi connectivity index (χ1n) is 7.85. The lowest BCUT2D eigenvalue weighted by Gasteiger charge is -2.18. The summed E-state index contributed by atoms with van der Waals surface area (Å²) >= 11 is 7.93. The number of benzene rings is 1. The van der Waals surface area contributed by atoms with Crippen LogP contribution in [0.15, 0.2) is 39.9 Å². The highest BCUT2D eigenvalue weighted by Crippen LogP contribution is 2.25. The molecule has 0 unspecified atom stereocenters. The van der Waals surface area contributed by atoms with Crippen LogP contribution in [-0.4, -0.2) is 35.8 Å². The van der Waals surface area contributed by atoms with Gasteiger partial charge in [0.25, 0.3) is 0 Å². The number of halogens is 1. The van der Waals surface area contributed by atoms with Gasteiger partial charge >= 0.3 is 0 Å². The smallest absolute Gasteiger partial charge is 0.243 e. The van der Waals surface area contributed by atoms with Gasteiger partial charge in [-0.2, -0.15) is 15.6 Å². The van der Waals surface area contributed by atoms with E-state index in [1.54, 1.807) is 29.5 Å². The number of thiophene rings is 1. The molecule has 0 aliphatic rings. The molecule has 0 bridgehead atoms. The summed E-state index contributed by atoms with van der Waals surface area (Å²) in [5, 5.41) is 4.43. The van der Waals surface area contributed by atoms with Gasteiger partial charge in [0, 0.05) is 13.1 Å². The third-order valence-corrected chi connectivity index (χ3v) is 6.89. The van der Waals surface area contributed by atoms with Crippen molar-refractivity contribution in [2.24, 2.45) is 0 Å². The molecule has 1 aromatic carbocycles. The van der Waals surface area contributed by atoms with Gasteiger partial charge in [-0.1, -0.05) is 25.4 Å². The fourth-order valence-corrected chi connectivity index (χ4v) is 4.86. The fourth-order valence-electron chi connectivity index (χ4n) is 2.55. The minimum absolute atomic E-state index is 0.247. The van der Waals surface area contributed by atoms with Gasteiger partial charge in [0.2, 0.25) is 10.0 Å². The lowest BCUT2D eigenvalue weighted by atomic mass is 10.3. The lowest BCUT2D eigenvalue weighted by Crippen LogP contribution is -2.30. The number of sulfonamides is 1. The number of aromatic nitrogens is 2. The van der Waals surface area contributed by atoms with Gasteiger partial charge in [0.15, 0.2) is 0 Å². The molecule has 0 fully saturated rings. The summed E-state index contributed by atoms with van der Waals surface area (Å²) in [4.78, 5) is 7.79. The lowest BCUT2D eigenvalue weighted by molar-refractivity contribution is 0.445. The Morgan fingerprint density at radius 1 is 1.32 bits per heavy atom. The van der Waals surface area contributed by atoms with Crippen molar-refractivity contribution in [1.29, 1.82) is 0 Å². The van der Waals surface area contributed by atoms with Gasteiger partial charge in [-0.05, 0) is 46.7 Å². The van der Waals surface area contributed by atoms with E-state index in [4.69, 9.17) is 11.6 Å². The van der Waals surface area contributed by atoms with Crippen LogP contribution in [0.2, 0.25) is 0 Å². The zero-order valence-corrected chi connectivity index (χ0v) is 16.2. The molecular formula is C17H18ClN3O2S2. The highest BCUT2D eigenvalue weighted by atomic mass is 35.5. The summed E-state index contributed by atoms with van der Waals surface area (Å²) in [7, 11) is -3.51. The van der Waals surface area contributed by atoms with E-state index in [2.05, 4.69) is 9.97 Å². The minimum Gasteiger partial charge on any atom is -0.337 e. The van der Waals surface area contributed by atoms with E-state index in [1.165, 1.54) is 4.31 Å². The monoisotopic (exact) mass is 395 g/mol. The molecule has 132 valence electrons. The fraction of sp³-hybridized carbons (Fsp3) is 0.235. The van der Waals surface area contributed by atoms with Crippen LogP contribution in [0.3, 0.4) is 0 Å². The van der Waals surface area contributed by atoms with Crippen molar-refractivity contribution in [3.63, 3.8) is 0 Å². The Morgan fingerprint density at radius 2 is 2.08 bits per heavy atom. The number of nitrogens with one attached hydrogen (secondary N) is 1. The second-order valence-corrected chi connectivity index (χ2v) is 8.53. The first kappa shape index (κ1) is 18.1. The second kappa shape index (κ2) is 7.29. The largest absolute Gasteiger partial charge is 0.337 e. The van der Waals surface area contributed by atoms with Crippen LogP contribution in [-0.2, 0) is 10.0 Å². The third-order valence-electron chi connectivity index (χ3n) is 3.86. The summed E-state index contributed by atoms with van der Waals surface area (Å²) in [5.74, 6) is 0.514. The van der Waals surface area contributed by atoms with Crippen molar-refractivity contribution in [2.75, 3.05) is 13.1 Å². The number of nitrogens with zero attached hydrogens (tertiary/aromatic N) is 2. The van der Waals surface area contributed by atoms with E-state index in [9.17, 15) is 8.42 Å². The maximum Gasteiger partial charge on any atom is 0.243 e. The van der Waals surface area contributed by atoms with Crippen LogP contribution in [0.1, 0.15) is 25.2 Å². The Hall–Kier alpha value is -1.67. The van der Waals surface area contributed by atoms with Gasteiger partial charge < -0.3 is 4.98 Å². The highest BCUT2D eigenvalue weighted by Gasteiger charge is 2.22. The van der Waals surface area contributed by atoms with Crippen LogP contribution in [0.5, 0.6) is 0 Å². The predicted octanol–water partition coefficient (Wildman–Crippen LogP) is 4.39. The molecule has 25 heavy (non-hydrogen) atoms. The molecule has 5 nitrogen and oxygen atoms in total. The highest BCUT2D eigenvalue weighted by molar-refractivity contribution is 7.89. The van der Waals surface area contributed by atoms with Crippen LogP contribution >= 0.6 is 22.9 Å².